The number of hydrogen-bond donors (Lipinski definition) is 2. The smallest absolute Gasteiger partial charge is 0.303 e. The van der Waals surface area contributed by atoms with Crippen molar-refractivity contribution in [3.8, 4) is 0 Å². The molecule has 0 aliphatic heterocycles. The first-order valence-corrected chi connectivity index (χ1v) is 7.43. The molecule has 0 radical (unpaired) electrons. The Bertz CT molecular complexity index is 631. The number of rotatable bonds is 5. The maximum atomic E-state index is 11.2. The summed E-state index contributed by atoms with van der Waals surface area (Å²) in [6.07, 6.45) is 9.18. The van der Waals surface area contributed by atoms with E-state index >= 15 is 0 Å². The van der Waals surface area contributed by atoms with Crippen molar-refractivity contribution in [1.29, 1.82) is 0 Å². The third kappa shape index (κ3) is 3.15. The molecule has 0 atom stereocenters. The summed E-state index contributed by atoms with van der Waals surface area (Å²) in [6, 6.07) is 3.72. The molecular weight excluding hydrogens is 268 g/mol. The number of nitrogens with zero attached hydrogens (tertiary/aromatic N) is 3. The molecular formula is C15H20N4O2. The lowest BCUT2D eigenvalue weighted by molar-refractivity contribution is -0.140. The van der Waals surface area contributed by atoms with E-state index in [0.717, 1.165) is 37.1 Å². The van der Waals surface area contributed by atoms with Gasteiger partial charge in [-0.3, -0.25) is 4.79 Å². The van der Waals surface area contributed by atoms with Gasteiger partial charge in [0.25, 0.3) is 0 Å². The SMILES string of the molecule is O=C(O)CC1(CNc2ccn3nccc3n2)CCCCC1. The molecule has 1 fully saturated rings. The second-order valence-electron chi connectivity index (χ2n) is 5.93. The Hall–Kier alpha value is -2.11. The minimum atomic E-state index is -0.710. The second kappa shape index (κ2) is 5.71. The molecule has 1 aliphatic rings. The highest BCUT2D eigenvalue weighted by Gasteiger charge is 2.34. The number of anilines is 1. The van der Waals surface area contributed by atoms with E-state index in [2.05, 4.69) is 15.4 Å². The van der Waals surface area contributed by atoms with Crippen molar-refractivity contribution in [2.75, 3.05) is 11.9 Å². The van der Waals surface area contributed by atoms with E-state index in [1.807, 2.05) is 18.3 Å². The van der Waals surface area contributed by atoms with Crippen LogP contribution in [-0.4, -0.2) is 32.2 Å². The molecule has 3 rings (SSSR count). The van der Waals surface area contributed by atoms with Crippen LogP contribution in [0.2, 0.25) is 0 Å². The lowest BCUT2D eigenvalue weighted by atomic mass is 9.72. The molecule has 6 heteroatoms. The normalized spacial score (nSPS) is 17.7. The Labute approximate surface area is 123 Å². The Morgan fingerprint density at radius 3 is 2.90 bits per heavy atom. The van der Waals surface area contributed by atoms with Crippen molar-refractivity contribution in [2.24, 2.45) is 5.41 Å². The van der Waals surface area contributed by atoms with Crippen LogP contribution in [0.15, 0.2) is 24.5 Å². The number of aliphatic carboxylic acids is 1. The minimum Gasteiger partial charge on any atom is -0.481 e. The zero-order valence-corrected chi connectivity index (χ0v) is 12.0. The molecule has 0 saturated heterocycles. The Morgan fingerprint density at radius 1 is 1.33 bits per heavy atom. The van der Waals surface area contributed by atoms with Gasteiger partial charge in [-0.05, 0) is 24.3 Å². The van der Waals surface area contributed by atoms with Gasteiger partial charge in [0.15, 0.2) is 5.65 Å². The largest absolute Gasteiger partial charge is 0.481 e. The number of hydrogen-bond acceptors (Lipinski definition) is 4. The van der Waals surface area contributed by atoms with E-state index < -0.39 is 5.97 Å². The molecule has 1 saturated carbocycles. The molecule has 0 unspecified atom stereocenters. The third-order valence-corrected chi connectivity index (χ3v) is 4.34. The van der Waals surface area contributed by atoms with Crippen molar-refractivity contribution in [3.05, 3.63) is 24.5 Å². The van der Waals surface area contributed by atoms with Crippen molar-refractivity contribution in [2.45, 2.75) is 38.5 Å². The highest BCUT2D eigenvalue weighted by molar-refractivity contribution is 5.68. The van der Waals surface area contributed by atoms with Crippen molar-refractivity contribution >= 4 is 17.4 Å². The van der Waals surface area contributed by atoms with Crippen molar-refractivity contribution < 1.29 is 9.90 Å². The highest BCUT2D eigenvalue weighted by Crippen LogP contribution is 2.39. The van der Waals surface area contributed by atoms with Crippen LogP contribution in [-0.2, 0) is 4.79 Å². The maximum Gasteiger partial charge on any atom is 0.303 e. The zero-order valence-electron chi connectivity index (χ0n) is 12.0. The van der Waals surface area contributed by atoms with Crippen LogP contribution in [0.4, 0.5) is 5.82 Å². The summed E-state index contributed by atoms with van der Waals surface area (Å²) in [7, 11) is 0. The van der Waals surface area contributed by atoms with Gasteiger partial charge in [0.05, 0.1) is 12.6 Å². The molecule has 21 heavy (non-hydrogen) atoms. The standard InChI is InChI=1S/C15H20N4O2/c20-14(21)10-15(6-2-1-3-7-15)11-16-12-5-9-19-13(18-12)4-8-17-19/h4-5,8-9H,1-3,6-7,10-11H2,(H,16,18)(H,20,21). The summed E-state index contributed by atoms with van der Waals surface area (Å²) >= 11 is 0. The molecule has 0 bridgehead atoms. The lowest BCUT2D eigenvalue weighted by Crippen LogP contribution is -2.34. The van der Waals surface area contributed by atoms with E-state index in [1.165, 1.54) is 6.42 Å². The molecule has 6 nitrogen and oxygen atoms in total. The van der Waals surface area contributed by atoms with E-state index in [0.29, 0.717) is 6.54 Å². The number of aromatic nitrogens is 3. The molecule has 2 aromatic heterocycles. The predicted molar refractivity (Wildman–Crippen MR) is 79.2 cm³/mol. The number of carboxylic acids is 1. The molecule has 0 amide bonds. The molecule has 112 valence electrons. The van der Waals surface area contributed by atoms with Gasteiger partial charge in [0.2, 0.25) is 0 Å². The Kier molecular flexibility index (Phi) is 3.77. The molecule has 2 N–H and O–H groups in total. The summed E-state index contributed by atoms with van der Waals surface area (Å²) in [4.78, 5) is 15.6. The first-order valence-electron chi connectivity index (χ1n) is 7.43. The quantitative estimate of drug-likeness (QED) is 0.884. The van der Waals surface area contributed by atoms with Gasteiger partial charge < -0.3 is 10.4 Å². The van der Waals surface area contributed by atoms with E-state index in [-0.39, 0.29) is 11.8 Å². The van der Waals surface area contributed by atoms with Crippen LogP contribution in [0, 0.1) is 5.41 Å². The lowest BCUT2D eigenvalue weighted by Gasteiger charge is -2.36. The predicted octanol–water partition coefficient (Wildman–Crippen LogP) is 2.57. The van der Waals surface area contributed by atoms with Gasteiger partial charge in [-0.25, -0.2) is 9.50 Å². The van der Waals surface area contributed by atoms with Gasteiger partial charge in [0.1, 0.15) is 5.82 Å². The minimum absolute atomic E-state index is 0.141. The fourth-order valence-corrected chi connectivity index (χ4v) is 3.23. The second-order valence-corrected chi connectivity index (χ2v) is 5.93. The number of carbonyl (C=O) groups is 1. The molecule has 2 aromatic rings. The fourth-order valence-electron chi connectivity index (χ4n) is 3.23. The number of fused-ring (bicyclic) bond motifs is 1. The molecule has 0 aromatic carbocycles. The molecule has 1 aliphatic carbocycles. The number of nitrogens with one attached hydrogen (secondary N) is 1. The van der Waals surface area contributed by atoms with Gasteiger partial charge in [-0.2, -0.15) is 5.10 Å². The average Bonchev–Trinajstić information content (AvgIpc) is 2.93. The molecule has 2 heterocycles. The van der Waals surface area contributed by atoms with Crippen LogP contribution in [0.25, 0.3) is 5.65 Å². The topological polar surface area (TPSA) is 79.5 Å². The summed E-state index contributed by atoms with van der Waals surface area (Å²) in [6.45, 7) is 0.663. The van der Waals surface area contributed by atoms with Gasteiger partial charge >= 0.3 is 5.97 Å². The van der Waals surface area contributed by atoms with Crippen molar-refractivity contribution in [1.82, 2.24) is 14.6 Å². The van der Waals surface area contributed by atoms with Gasteiger partial charge in [-0.15, -0.1) is 0 Å². The zero-order chi connectivity index (χ0) is 14.7. The average molecular weight is 288 g/mol. The maximum absolute atomic E-state index is 11.2. The monoisotopic (exact) mass is 288 g/mol. The van der Waals surface area contributed by atoms with Crippen LogP contribution in [0.5, 0.6) is 0 Å². The molecule has 0 spiro atoms. The van der Waals surface area contributed by atoms with Gasteiger partial charge in [0, 0.05) is 18.8 Å². The summed E-state index contributed by atoms with van der Waals surface area (Å²) in [5.74, 6) is 0.0660. The first-order chi connectivity index (χ1) is 10.2. The van der Waals surface area contributed by atoms with Crippen LogP contribution in [0.1, 0.15) is 38.5 Å². The van der Waals surface area contributed by atoms with Crippen molar-refractivity contribution in [3.63, 3.8) is 0 Å². The summed E-state index contributed by atoms with van der Waals surface area (Å²) in [5, 5.41) is 16.6. The summed E-state index contributed by atoms with van der Waals surface area (Å²) < 4.78 is 1.71. The van der Waals surface area contributed by atoms with Crippen LogP contribution in [0.3, 0.4) is 0 Å². The fraction of sp³-hybridized carbons (Fsp3) is 0.533. The van der Waals surface area contributed by atoms with E-state index in [9.17, 15) is 9.90 Å². The summed E-state index contributed by atoms with van der Waals surface area (Å²) in [5.41, 5.74) is 0.647. The Morgan fingerprint density at radius 2 is 2.14 bits per heavy atom. The van der Waals surface area contributed by atoms with Crippen LogP contribution >= 0.6 is 0 Å². The Balaban J connectivity index is 1.71. The van der Waals surface area contributed by atoms with E-state index in [4.69, 9.17) is 0 Å². The number of carboxylic acid groups (broad SMARTS) is 1. The first kappa shape index (κ1) is 13.9. The highest BCUT2D eigenvalue weighted by atomic mass is 16.4. The van der Waals surface area contributed by atoms with Gasteiger partial charge in [-0.1, -0.05) is 19.3 Å². The van der Waals surface area contributed by atoms with E-state index in [1.54, 1.807) is 10.7 Å². The third-order valence-electron chi connectivity index (χ3n) is 4.34. The van der Waals surface area contributed by atoms with Crippen LogP contribution < -0.4 is 5.32 Å².